The monoisotopic (exact) mass is 355 g/mol. The Kier molecular flexibility index (Phi) is 4.25. The lowest BCUT2D eigenvalue weighted by molar-refractivity contribution is -0.138. The lowest BCUT2D eigenvalue weighted by atomic mass is 9.96. The Morgan fingerprint density at radius 2 is 2.08 bits per heavy atom. The summed E-state index contributed by atoms with van der Waals surface area (Å²) in [5.41, 5.74) is 0.127. The van der Waals surface area contributed by atoms with E-state index in [-0.39, 0.29) is 24.3 Å². The SMILES string of the molecule is COc1ccc2c(c1Cl)CC(Cc1ncccc1C(F)(F)F)C2=O. The maximum Gasteiger partial charge on any atom is 0.418 e. The molecule has 0 spiro atoms. The summed E-state index contributed by atoms with van der Waals surface area (Å²) in [5.74, 6) is -0.383. The normalized spacial score (nSPS) is 17.0. The summed E-state index contributed by atoms with van der Waals surface area (Å²) in [4.78, 5) is 16.3. The molecule has 0 radical (unpaired) electrons. The number of hydrogen-bond donors (Lipinski definition) is 0. The first-order chi connectivity index (χ1) is 11.3. The molecule has 126 valence electrons. The molecule has 0 fully saturated rings. The van der Waals surface area contributed by atoms with Crippen molar-refractivity contribution in [2.75, 3.05) is 7.11 Å². The number of aromatic nitrogens is 1. The van der Waals surface area contributed by atoms with E-state index in [0.717, 1.165) is 6.07 Å². The maximum absolute atomic E-state index is 13.1. The van der Waals surface area contributed by atoms with Crippen LogP contribution < -0.4 is 4.74 Å². The van der Waals surface area contributed by atoms with Crippen molar-refractivity contribution in [3.8, 4) is 5.75 Å². The van der Waals surface area contributed by atoms with Crippen LogP contribution in [0.3, 0.4) is 0 Å². The lowest BCUT2D eigenvalue weighted by Crippen LogP contribution is -2.17. The molecule has 3 rings (SSSR count). The molecule has 0 saturated carbocycles. The Morgan fingerprint density at radius 1 is 1.33 bits per heavy atom. The number of pyridine rings is 1. The van der Waals surface area contributed by atoms with Gasteiger partial charge in [-0.3, -0.25) is 9.78 Å². The second kappa shape index (κ2) is 6.09. The first kappa shape index (κ1) is 16.8. The highest BCUT2D eigenvalue weighted by Crippen LogP contribution is 2.40. The smallest absolute Gasteiger partial charge is 0.418 e. The van der Waals surface area contributed by atoms with Gasteiger partial charge in [-0.25, -0.2) is 0 Å². The number of benzene rings is 1. The molecule has 1 aliphatic rings. The summed E-state index contributed by atoms with van der Waals surface area (Å²) >= 11 is 6.22. The summed E-state index contributed by atoms with van der Waals surface area (Å²) in [5, 5.41) is 0.336. The fourth-order valence-corrected chi connectivity index (χ4v) is 3.32. The lowest BCUT2D eigenvalue weighted by Gasteiger charge is -2.14. The number of ketones is 1. The summed E-state index contributed by atoms with van der Waals surface area (Å²) in [7, 11) is 1.46. The molecule has 0 bridgehead atoms. The molecule has 1 heterocycles. The summed E-state index contributed by atoms with van der Waals surface area (Å²) in [6.45, 7) is 0. The van der Waals surface area contributed by atoms with Crippen molar-refractivity contribution in [1.29, 1.82) is 0 Å². The number of rotatable bonds is 3. The summed E-state index contributed by atoms with van der Waals surface area (Å²) in [6.07, 6.45) is -3.01. The van der Waals surface area contributed by atoms with Crippen LogP contribution in [0.2, 0.25) is 5.02 Å². The molecule has 2 aromatic rings. The van der Waals surface area contributed by atoms with Gasteiger partial charge in [0.15, 0.2) is 5.78 Å². The number of carbonyl (C=O) groups excluding carboxylic acids is 1. The van der Waals surface area contributed by atoms with Crippen molar-refractivity contribution < 1.29 is 22.7 Å². The molecule has 3 nitrogen and oxygen atoms in total. The fourth-order valence-electron chi connectivity index (χ4n) is 3.00. The molecule has 1 unspecified atom stereocenters. The van der Waals surface area contributed by atoms with Gasteiger partial charge in [-0.2, -0.15) is 13.2 Å². The quantitative estimate of drug-likeness (QED) is 0.821. The number of alkyl halides is 3. The van der Waals surface area contributed by atoms with Crippen LogP contribution in [0.5, 0.6) is 5.75 Å². The van der Waals surface area contributed by atoms with Gasteiger partial charge in [0.05, 0.1) is 23.4 Å². The van der Waals surface area contributed by atoms with E-state index in [1.54, 1.807) is 12.1 Å². The molecule has 1 aromatic carbocycles. The Bertz CT molecular complexity index is 805. The molecule has 1 aromatic heterocycles. The molecule has 0 aliphatic heterocycles. The predicted molar refractivity (Wildman–Crippen MR) is 82.5 cm³/mol. The number of halogens is 4. The van der Waals surface area contributed by atoms with E-state index in [0.29, 0.717) is 21.9 Å². The third-order valence-corrected chi connectivity index (χ3v) is 4.56. The number of hydrogen-bond acceptors (Lipinski definition) is 3. The molecule has 24 heavy (non-hydrogen) atoms. The van der Waals surface area contributed by atoms with E-state index in [2.05, 4.69) is 4.98 Å². The van der Waals surface area contributed by atoms with Gasteiger partial charge in [-0.05, 0) is 36.2 Å². The van der Waals surface area contributed by atoms with Gasteiger partial charge in [0.1, 0.15) is 5.75 Å². The van der Waals surface area contributed by atoms with E-state index >= 15 is 0 Å². The summed E-state index contributed by atoms with van der Waals surface area (Å²) < 4.78 is 44.4. The molecule has 7 heteroatoms. The van der Waals surface area contributed by atoms with Crippen LogP contribution in [0.15, 0.2) is 30.5 Å². The first-order valence-electron chi connectivity index (χ1n) is 7.23. The van der Waals surface area contributed by atoms with Gasteiger partial charge in [-0.1, -0.05) is 11.6 Å². The number of nitrogens with zero attached hydrogens (tertiary/aromatic N) is 1. The minimum absolute atomic E-state index is 0.0815. The van der Waals surface area contributed by atoms with Gasteiger partial charge < -0.3 is 4.74 Å². The predicted octanol–water partition coefficient (Wildman–Crippen LogP) is 4.36. The zero-order valence-electron chi connectivity index (χ0n) is 12.7. The minimum Gasteiger partial charge on any atom is -0.495 e. The van der Waals surface area contributed by atoms with Crippen molar-refractivity contribution in [1.82, 2.24) is 4.98 Å². The highest BCUT2D eigenvalue weighted by Gasteiger charge is 2.38. The van der Waals surface area contributed by atoms with Gasteiger partial charge in [0, 0.05) is 24.1 Å². The topological polar surface area (TPSA) is 39.2 Å². The van der Waals surface area contributed by atoms with Crippen molar-refractivity contribution >= 4 is 17.4 Å². The van der Waals surface area contributed by atoms with E-state index in [4.69, 9.17) is 16.3 Å². The van der Waals surface area contributed by atoms with Crippen molar-refractivity contribution in [3.05, 3.63) is 57.9 Å². The van der Waals surface area contributed by atoms with Crippen LogP contribution >= 0.6 is 11.6 Å². The van der Waals surface area contributed by atoms with E-state index in [9.17, 15) is 18.0 Å². The zero-order chi connectivity index (χ0) is 17.5. The largest absolute Gasteiger partial charge is 0.495 e. The van der Waals surface area contributed by atoms with Gasteiger partial charge in [0.25, 0.3) is 0 Å². The van der Waals surface area contributed by atoms with Crippen molar-refractivity contribution in [3.63, 3.8) is 0 Å². The molecule has 0 amide bonds. The molecule has 1 atom stereocenters. The van der Waals surface area contributed by atoms with Crippen LogP contribution in [0.25, 0.3) is 0 Å². The second-order valence-corrected chi connectivity index (χ2v) is 5.95. The highest BCUT2D eigenvalue weighted by molar-refractivity contribution is 6.33. The standard InChI is InChI=1S/C17H13ClF3NO2/c1-24-14-5-4-10-11(15(14)18)7-9(16(10)23)8-13-12(17(19,20)21)3-2-6-22-13/h2-6,9H,7-8H2,1H3. The van der Waals surface area contributed by atoms with Crippen LogP contribution in [0.4, 0.5) is 13.2 Å². The van der Waals surface area contributed by atoms with E-state index in [1.807, 2.05) is 0 Å². The third-order valence-electron chi connectivity index (χ3n) is 4.15. The average Bonchev–Trinajstić information content (AvgIpc) is 2.85. The first-order valence-corrected chi connectivity index (χ1v) is 7.61. The van der Waals surface area contributed by atoms with Gasteiger partial charge in [-0.15, -0.1) is 0 Å². The number of Topliss-reactive ketones (excluding diaryl/α,β-unsaturated/α-hetero) is 1. The van der Waals surface area contributed by atoms with Crippen LogP contribution in [0.1, 0.15) is 27.2 Å². The number of ether oxygens (including phenoxy) is 1. The summed E-state index contributed by atoms with van der Waals surface area (Å²) in [6, 6.07) is 5.40. The van der Waals surface area contributed by atoms with Gasteiger partial charge in [0.2, 0.25) is 0 Å². The van der Waals surface area contributed by atoms with Gasteiger partial charge >= 0.3 is 6.18 Å². The average molecular weight is 356 g/mol. The Hall–Kier alpha value is -2.08. The Balaban J connectivity index is 1.92. The Morgan fingerprint density at radius 3 is 2.75 bits per heavy atom. The zero-order valence-corrected chi connectivity index (χ0v) is 13.4. The van der Waals surface area contributed by atoms with E-state index < -0.39 is 17.7 Å². The minimum atomic E-state index is -4.50. The van der Waals surface area contributed by atoms with Crippen LogP contribution in [-0.2, 0) is 19.0 Å². The second-order valence-electron chi connectivity index (χ2n) is 5.57. The molecular weight excluding hydrogens is 343 g/mol. The van der Waals surface area contributed by atoms with Crippen molar-refractivity contribution in [2.24, 2.45) is 5.92 Å². The fraction of sp³-hybridized carbons (Fsp3) is 0.294. The third kappa shape index (κ3) is 2.86. The van der Waals surface area contributed by atoms with E-state index in [1.165, 1.54) is 19.4 Å². The Labute approximate surface area is 141 Å². The maximum atomic E-state index is 13.1. The molecule has 0 N–H and O–H groups in total. The molecule has 0 saturated heterocycles. The molecular formula is C17H13ClF3NO2. The highest BCUT2D eigenvalue weighted by atomic mass is 35.5. The van der Waals surface area contributed by atoms with Crippen LogP contribution in [0, 0.1) is 5.92 Å². The number of fused-ring (bicyclic) bond motifs is 1. The van der Waals surface area contributed by atoms with Crippen LogP contribution in [-0.4, -0.2) is 17.9 Å². The number of carbonyl (C=O) groups is 1. The molecule has 1 aliphatic carbocycles. The number of methoxy groups -OCH3 is 1. The van der Waals surface area contributed by atoms with Crippen molar-refractivity contribution in [2.45, 2.75) is 19.0 Å².